The molecular weight excluding hydrogens is 412 g/mol. The summed E-state index contributed by atoms with van der Waals surface area (Å²) in [4.78, 5) is 22.3. The van der Waals surface area contributed by atoms with Gasteiger partial charge >= 0.3 is 11.7 Å². The summed E-state index contributed by atoms with van der Waals surface area (Å²) in [5, 5.41) is 31.4. The normalized spacial score (nSPS) is 11.5. The molecule has 162 valence electrons. The van der Waals surface area contributed by atoms with Crippen molar-refractivity contribution in [3.8, 4) is 11.1 Å². The van der Waals surface area contributed by atoms with Gasteiger partial charge in [-0.3, -0.25) is 10.1 Å². The summed E-state index contributed by atoms with van der Waals surface area (Å²) in [5.41, 5.74) is 3.82. The number of nitrogens with zero attached hydrogens (tertiary/aromatic N) is 3. The lowest BCUT2D eigenvalue weighted by Gasteiger charge is -2.20. The van der Waals surface area contributed by atoms with Crippen LogP contribution in [-0.2, 0) is 5.41 Å². The fraction of sp³-hybridized carbons (Fsp3) is 0.174. The number of nitro groups is 1. The second-order valence-corrected chi connectivity index (χ2v) is 8.37. The van der Waals surface area contributed by atoms with Crippen molar-refractivity contribution in [1.29, 1.82) is 0 Å². The third-order valence-corrected chi connectivity index (χ3v) is 5.19. The third kappa shape index (κ3) is 3.87. The molecule has 0 spiro atoms. The standard InChI is InChI=1S/C23H20N4O5/c1-23(2,3)15-7-4-13(5-8-15)16-12-14(22(28)29)6-9-17(16)24-18-10-11-19(27(30)31)21-20(18)25-32-26-21/h4-12,24H,1-3H3,(H,28,29). The van der Waals surface area contributed by atoms with E-state index in [-0.39, 0.29) is 27.7 Å². The molecule has 0 unspecified atom stereocenters. The molecule has 0 bridgehead atoms. The lowest BCUT2D eigenvalue weighted by molar-refractivity contribution is -0.383. The van der Waals surface area contributed by atoms with Gasteiger partial charge < -0.3 is 10.4 Å². The molecule has 0 aliphatic rings. The fourth-order valence-corrected chi connectivity index (χ4v) is 3.42. The quantitative estimate of drug-likeness (QED) is 0.310. The van der Waals surface area contributed by atoms with Crippen molar-refractivity contribution < 1.29 is 19.5 Å². The minimum absolute atomic E-state index is 0.0210. The van der Waals surface area contributed by atoms with Gasteiger partial charge in [0.05, 0.1) is 16.2 Å². The number of rotatable bonds is 5. The number of nitrogens with one attached hydrogen (secondary N) is 1. The number of carboxylic acid groups (broad SMARTS) is 1. The van der Waals surface area contributed by atoms with E-state index in [2.05, 4.69) is 36.4 Å². The summed E-state index contributed by atoms with van der Waals surface area (Å²) in [5.74, 6) is -1.04. The van der Waals surface area contributed by atoms with Crippen molar-refractivity contribution in [1.82, 2.24) is 10.3 Å². The molecular formula is C23H20N4O5. The SMILES string of the molecule is CC(C)(C)c1ccc(-c2cc(C(=O)O)ccc2Nc2ccc([N+](=O)[O-])c3nonc23)cc1. The summed E-state index contributed by atoms with van der Waals surface area (Å²) in [6, 6.07) is 15.5. The Kier molecular flexibility index (Phi) is 5.09. The Bertz CT molecular complexity index is 1340. The van der Waals surface area contributed by atoms with Crippen molar-refractivity contribution >= 4 is 34.1 Å². The second-order valence-electron chi connectivity index (χ2n) is 8.37. The molecule has 0 radical (unpaired) electrons. The summed E-state index contributed by atoms with van der Waals surface area (Å²) >= 11 is 0. The summed E-state index contributed by atoms with van der Waals surface area (Å²) in [7, 11) is 0. The van der Waals surface area contributed by atoms with Crippen LogP contribution in [0.5, 0.6) is 0 Å². The predicted octanol–water partition coefficient (Wildman–Crippen LogP) is 5.54. The maximum Gasteiger partial charge on any atom is 0.335 e. The van der Waals surface area contributed by atoms with Gasteiger partial charge in [-0.25, -0.2) is 9.42 Å². The molecule has 4 rings (SSSR count). The van der Waals surface area contributed by atoms with Crippen molar-refractivity contribution in [2.24, 2.45) is 0 Å². The Morgan fingerprint density at radius 1 is 1.00 bits per heavy atom. The van der Waals surface area contributed by atoms with E-state index in [1.807, 2.05) is 24.3 Å². The number of anilines is 2. The molecule has 0 saturated heterocycles. The zero-order valence-electron chi connectivity index (χ0n) is 17.6. The molecule has 0 atom stereocenters. The Morgan fingerprint density at radius 2 is 1.66 bits per heavy atom. The van der Waals surface area contributed by atoms with Gasteiger partial charge in [0.2, 0.25) is 5.52 Å². The van der Waals surface area contributed by atoms with Crippen LogP contribution in [0.3, 0.4) is 0 Å². The molecule has 3 aromatic carbocycles. The third-order valence-electron chi connectivity index (χ3n) is 5.19. The molecule has 9 nitrogen and oxygen atoms in total. The summed E-state index contributed by atoms with van der Waals surface area (Å²) in [6.45, 7) is 6.35. The maximum atomic E-state index is 11.6. The Morgan fingerprint density at radius 3 is 2.28 bits per heavy atom. The van der Waals surface area contributed by atoms with Crippen LogP contribution in [0.15, 0.2) is 59.2 Å². The van der Waals surface area contributed by atoms with Crippen LogP contribution in [-0.4, -0.2) is 26.3 Å². The van der Waals surface area contributed by atoms with Gasteiger partial charge in [-0.05, 0) is 51.1 Å². The van der Waals surface area contributed by atoms with Crippen molar-refractivity contribution in [2.75, 3.05) is 5.32 Å². The van der Waals surface area contributed by atoms with E-state index in [1.165, 1.54) is 18.2 Å². The van der Waals surface area contributed by atoms with Gasteiger partial charge in [0, 0.05) is 17.3 Å². The molecule has 0 amide bonds. The highest BCUT2D eigenvalue weighted by Gasteiger charge is 2.21. The molecule has 4 aromatic rings. The molecule has 0 saturated carbocycles. The van der Waals surface area contributed by atoms with Crippen molar-refractivity contribution in [3.05, 3.63) is 75.8 Å². The number of aromatic carboxylic acids is 1. The van der Waals surface area contributed by atoms with E-state index in [9.17, 15) is 20.0 Å². The molecule has 0 aliphatic heterocycles. The highest BCUT2D eigenvalue weighted by atomic mass is 16.6. The Labute approximate surface area is 182 Å². The average molecular weight is 432 g/mol. The number of hydrogen-bond donors (Lipinski definition) is 2. The fourth-order valence-electron chi connectivity index (χ4n) is 3.42. The van der Waals surface area contributed by atoms with E-state index < -0.39 is 10.9 Å². The van der Waals surface area contributed by atoms with E-state index >= 15 is 0 Å². The number of carboxylic acids is 1. The molecule has 0 fully saturated rings. The number of nitro benzene ring substituents is 1. The van der Waals surface area contributed by atoms with E-state index in [0.717, 1.165) is 11.1 Å². The van der Waals surface area contributed by atoms with Crippen molar-refractivity contribution in [2.45, 2.75) is 26.2 Å². The first kappa shape index (κ1) is 21.0. The van der Waals surface area contributed by atoms with Crippen LogP contribution in [0, 0.1) is 10.1 Å². The molecule has 9 heteroatoms. The first-order valence-corrected chi connectivity index (χ1v) is 9.80. The lowest BCUT2D eigenvalue weighted by Crippen LogP contribution is -2.10. The molecule has 2 N–H and O–H groups in total. The van der Waals surface area contributed by atoms with Crippen molar-refractivity contribution in [3.63, 3.8) is 0 Å². The zero-order chi connectivity index (χ0) is 23.0. The molecule has 32 heavy (non-hydrogen) atoms. The van der Waals surface area contributed by atoms with Crippen LogP contribution in [0.4, 0.5) is 17.1 Å². The highest BCUT2D eigenvalue weighted by Crippen LogP contribution is 2.36. The van der Waals surface area contributed by atoms with Gasteiger partial charge in [0.1, 0.15) is 0 Å². The molecule has 1 heterocycles. The van der Waals surface area contributed by atoms with Crippen LogP contribution >= 0.6 is 0 Å². The zero-order valence-corrected chi connectivity index (χ0v) is 17.6. The highest BCUT2D eigenvalue weighted by molar-refractivity contribution is 5.97. The van der Waals surface area contributed by atoms with E-state index in [1.54, 1.807) is 12.1 Å². The number of hydrogen-bond acceptors (Lipinski definition) is 7. The number of fused-ring (bicyclic) bond motifs is 1. The van der Waals surface area contributed by atoms with Gasteiger partial charge in [-0.15, -0.1) is 0 Å². The molecule has 1 aromatic heterocycles. The smallest absolute Gasteiger partial charge is 0.335 e. The Hall–Kier alpha value is -4.27. The topological polar surface area (TPSA) is 131 Å². The first-order valence-electron chi connectivity index (χ1n) is 9.80. The first-order chi connectivity index (χ1) is 15.1. The van der Waals surface area contributed by atoms with Crippen LogP contribution in [0.1, 0.15) is 36.7 Å². The predicted molar refractivity (Wildman–Crippen MR) is 119 cm³/mol. The van der Waals surface area contributed by atoms with Gasteiger partial charge in [0.25, 0.3) is 0 Å². The number of aromatic nitrogens is 2. The molecule has 0 aliphatic carbocycles. The average Bonchev–Trinajstić information content (AvgIpc) is 3.23. The summed E-state index contributed by atoms with van der Waals surface area (Å²) in [6.07, 6.45) is 0. The van der Waals surface area contributed by atoms with Crippen LogP contribution < -0.4 is 5.32 Å². The monoisotopic (exact) mass is 432 g/mol. The van der Waals surface area contributed by atoms with Crippen LogP contribution in [0.2, 0.25) is 0 Å². The minimum atomic E-state index is -1.04. The lowest BCUT2D eigenvalue weighted by atomic mass is 9.86. The minimum Gasteiger partial charge on any atom is -0.478 e. The van der Waals surface area contributed by atoms with Gasteiger partial charge in [-0.2, -0.15) is 0 Å². The number of non-ortho nitro benzene ring substituents is 1. The van der Waals surface area contributed by atoms with Crippen LogP contribution in [0.25, 0.3) is 22.2 Å². The number of benzene rings is 3. The largest absolute Gasteiger partial charge is 0.478 e. The summed E-state index contributed by atoms with van der Waals surface area (Å²) < 4.78 is 4.72. The van der Waals surface area contributed by atoms with E-state index in [0.29, 0.717) is 16.9 Å². The Balaban J connectivity index is 1.81. The second kappa shape index (κ2) is 7.77. The van der Waals surface area contributed by atoms with Gasteiger partial charge in [-0.1, -0.05) is 45.0 Å². The number of carbonyl (C=O) groups is 1. The van der Waals surface area contributed by atoms with E-state index in [4.69, 9.17) is 4.63 Å². The maximum absolute atomic E-state index is 11.6. The van der Waals surface area contributed by atoms with Gasteiger partial charge in [0.15, 0.2) is 5.52 Å².